The van der Waals surface area contributed by atoms with Crippen molar-refractivity contribution in [1.29, 1.82) is 0 Å². The molecule has 11 rings (SSSR count). The van der Waals surface area contributed by atoms with Crippen LogP contribution in [0.25, 0.3) is 96.5 Å². The molecule has 0 atom stereocenters. The molecule has 0 radical (unpaired) electrons. The topological polar surface area (TPSA) is 9.86 Å². The fourth-order valence-electron chi connectivity index (χ4n) is 8.26. The third-order valence-corrected chi connectivity index (χ3v) is 13.1. The predicted octanol–water partition coefficient (Wildman–Crippen LogP) is 12.6. The first-order valence-electron chi connectivity index (χ1n) is 17.4. The Labute approximate surface area is 300 Å². The van der Waals surface area contributed by atoms with Crippen LogP contribution in [0.3, 0.4) is 0 Å². The van der Waals surface area contributed by atoms with Gasteiger partial charge in [-0.05, 0) is 0 Å². The van der Waals surface area contributed by atoms with Crippen LogP contribution >= 0.6 is 0 Å². The average Bonchev–Trinajstić information content (AvgIpc) is 3.86. The Morgan fingerprint density at radius 2 is 0.882 bits per heavy atom. The molecule has 0 amide bonds. The van der Waals surface area contributed by atoms with Crippen LogP contribution in [0, 0.1) is 0 Å². The van der Waals surface area contributed by atoms with E-state index in [1.165, 1.54) is 96.5 Å². The molecule has 11 aromatic rings. The second-order valence-corrected chi connectivity index (χ2v) is 15.5. The summed E-state index contributed by atoms with van der Waals surface area (Å²) in [5.74, 6) is 0. The van der Waals surface area contributed by atoms with Crippen LogP contribution in [-0.2, 0) is 0 Å². The van der Waals surface area contributed by atoms with Gasteiger partial charge >= 0.3 is 290 Å². The number of para-hydroxylation sites is 3. The molecule has 2 nitrogen and oxygen atoms in total. The Morgan fingerprint density at radius 1 is 0.353 bits per heavy atom. The Hall–Kier alpha value is -6.12. The van der Waals surface area contributed by atoms with Crippen molar-refractivity contribution >= 4 is 77.4 Å². The molecular weight excluding hydrogens is 684 g/mol. The first kappa shape index (κ1) is 28.7. The zero-order valence-electron chi connectivity index (χ0n) is 27.6. The van der Waals surface area contributed by atoms with Gasteiger partial charge in [-0.2, -0.15) is 0 Å². The van der Waals surface area contributed by atoms with E-state index in [0.29, 0.717) is 0 Å². The summed E-state index contributed by atoms with van der Waals surface area (Å²) in [4.78, 5) is 0. The molecule has 3 heterocycles. The fourth-order valence-corrected chi connectivity index (χ4v) is 10.9. The van der Waals surface area contributed by atoms with Crippen LogP contribution in [0.5, 0.6) is 0 Å². The quantitative estimate of drug-likeness (QED) is 0.161. The van der Waals surface area contributed by atoms with E-state index in [1.807, 2.05) is 0 Å². The molecule has 0 N–H and O–H groups in total. The van der Waals surface area contributed by atoms with Crippen molar-refractivity contribution in [2.45, 2.75) is 0 Å². The second kappa shape index (κ2) is 11.2. The first-order chi connectivity index (χ1) is 25.3. The third kappa shape index (κ3) is 4.29. The van der Waals surface area contributed by atoms with Crippen LogP contribution in [0.2, 0.25) is 0 Å². The molecular formula is C48H30N2Se. The average molecular weight is 714 g/mol. The minimum atomic E-state index is 0.192. The Kier molecular flexibility index (Phi) is 6.30. The Balaban J connectivity index is 1.15. The van der Waals surface area contributed by atoms with E-state index in [-0.39, 0.29) is 14.5 Å². The Morgan fingerprint density at radius 3 is 1.59 bits per heavy atom. The summed E-state index contributed by atoms with van der Waals surface area (Å²) >= 11 is 0.192. The fraction of sp³-hybridized carbons (Fsp3) is 0. The van der Waals surface area contributed by atoms with E-state index >= 15 is 0 Å². The van der Waals surface area contributed by atoms with Crippen LogP contribution < -0.4 is 0 Å². The minimum absolute atomic E-state index is 0.192. The number of nitrogens with zero attached hydrogens (tertiary/aromatic N) is 2. The van der Waals surface area contributed by atoms with E-state index < -0.39 is 0 Å². The van der Waals surface area contributed by atoms with Crippen LogP contribution in [-0.4, -0.2) is 23.6 Å². The first-order valence-corrected chi connectivity index (χ1v) is 19.2. The monoisotopic (exact) mass is 714 g/mol. The van der Waals surface area contributed by atoms with Crippen molar-refractivity contribution in [2.24, 2.45) is 0 Å². The van der Waals surface area contributed by atoms with Crippen molar-refractivity contribution < 1.29 is 0 Å². The summed E-state index contributed by atoms with van der Waals surface area (Å²) in [5.41, 5.74) is 12.4. The standard InChI is InChI=1S/C48H30N2Se/c1-2-12-31(13-3-1)32-22-24-33(25-23-32)35-27-29-45(47-39-17-7-11-21-46(39)51-48(35)47)50-43-20-10-6-16-38(43)40-30-34(26-28-44(40)50)49-41-18-8-4-14-36(41)37-15-5-9-19-42(37)49/h1-30H. The summed E-state index contributed by atoms with van der Waals surface area (Å²) in [5, 5.41) is 7.81. The number of benzene rings is 8. The SMILES string of the molecule is c1ccc(-c2ccc(-c3ccc(-n4c5ccccc5c5cc(-n6c7ccccc7c7ccccc76)ccc54)c4c3[se]c3ccccc34)cc2)cc1. The predicted molar refractivity (Wildman–Crippen MR) is 218 cm³/mol. The number of fused-ring (bicyclic) bond motifs is 9. The molecule has 0 bridgehead atoms. The molecule has 0 aliphatic rings. The van der Waals surface area contributed by atoms with Gasteiger partial charge in [-0.1, -0.05) is 12.1 Å². The normalized spacial score (nSPS) is 11.9. The van der Waals surface area contributed by atoms with Gasteiger partial charge in [0.15, 0.2) is 0 Å². The van der Waals surface area contributed by atoms with Gasteiger partial charge in [-0.25, -0.2) is 0 Å². The maximum atomic E-state index is 2.51. The molecule has 0 aliphatic heterocycles. The molecule has 0 fully saturated rings. The van der Waals surface area contributed by atoms with Gasteiger partial charge in [-0.3, -0.25) is 0 Å². The Bertz CT molecular complexity index is 3070. The molecule has 0 unspecified atom stereocenters. The van der Waals surface area contributed by atoms with E-state index in [0.717, 1.165) is 0 Å². The zero-order valence-corrected chi connectivity index (χ0v) is 29.3. The van der Waals surface area contributed by atoms with Crippen molar-refractivity contribution in [2.75, 3.05) is 0 Å². The van der Waals surface area contributed by atoms with E-state index in [4.69, 9.17) is 0 Å². The molecule has 8 aromatic carbocycles. The number of aromatic nitrogens is 2. The van der Waals surface area contributed by atoms with Crippen LogP contribution in [0.4, 0.5) is 0 Å². The van der Waals surface area contributed by atoms with Crippen molar-refractivity contribution in [3.8, 4) is 33.6 Å². The molecule has 0 spiro atoms. The summed E-state index contributed by atoms with van der Waals surface area (Å²) < 4.78 is 7.84. The molecule has 0 aliphatic carbocycles. The van der Waals surface area contributed by atoms with Crippen LogP contribution in [0.1, 0.15) is 0 Å². The maximum absolute atomic E-state index is 2.51. The summed E-state index contributed by atoms with van der Waals surface area (Å²) in [7, 11) is 0. The molecule has 51 heavy (non-hydrogen) atoms. The molecule has 0 saturated heterocycles. The van der Waals surface area contributed by atoms with Crippen molar-refractivity contribution in [3.63, 3.8) is 0 Å². The molecule has 238 valence electrons. The van der Waals surface area contributed by atoms with Gasteiger partial charge in [0.05, 0.1) is 0 Å². The number of hydrogen-bond donors (Lipinski definition) is 0. The molecule has 3 heteroatoms. The van der Waals surface area contributed by atoms with Gasteiger partial charge in [-0.15, -0.1) is 0 Å². The van der Waals surface area contributed by atoms with Crippen LogP contribution in [0.15, 0.2) is 182 Å². The van der Waals surface area contributed by atoms with Gasteiger partial charge in [0.1, 0.15) is 0 Å². The summed E-state index contributed by atoms with van der Waals surface area (Å²) in [6.07, 6.45) is 0. The van der Waals surface area contributed by atoms with Gasteiger partial charge in [0.2, 0.25) is 0 Å². The zero-order chi connectivity index (χ0) is 33.5. The van der Waals surface area contributed by atoms with E-state index in [2.05, 4.69) is 191 Å². The van der Waals surface area contributed by atoms with Crippen molar-refractivity contribution in [3.05, 3.63) is 182 Å². The molecule has 0 saturated carbocycles. The van der Waals surface area contributed by atoms with E-state index in [1.54, 1.807) is 0 Å². The molecule has 3 aromatic heterocycles. The van der Waals surface area contributed by atoms with Gasteiger partial charge < -0.3 is 0 Å². The van der Waals surface area contributed by atoms with Gasteiger partial charge in [0, 0.05) is 0 Å². The number of hydrogen-bond acceptors (Lipinski definition) is 0. The number of rotatable bonds is 4. The summed E-state index contributed by atoms with van der Waals surface area (Å²) in [6, 6.07) is 67.0. The van der Waals surface area contributed by atoms with E-state index in [9.17, 15) is 0 Å². The second-order valence-electron chi connectivity index (χ2n) is 13.3. The summed E-state index contributed by atoms with van der Waals surface area (Å²) in [6.45, 7) is 0. The van der Waals surface area contributed by atoms with Crippen molar-refractivity contribution in [1.82, 2.24) is 9.13 Å². The third-order valence-electron chi connectivity index (χ3n) is 10.5. The van der Waals surface area contributed by atoms with Gasteiger partial charge in [0.25, 0.3) is 0 Å².